The molecule has 2 amide bonds. The van der Waals surface area contributed by atoms with Crippen LogP contribution in [0.25, 0.3) is 0 Å². The number of piperazine rings is 1. The van der Waals surface area contributed by atoms with Crippen molar-refractivity contribution in [2.24, 2.45) is 11.8 Å². The lowest BCUT2D eigenvalue weighted by Crippen LogP contribution is -2.55. The van der Waals surface area contributed by atoms with Gasteiger partial charge in [0, 0.05) is 44.5 Å². The van der Waals surface area contributed by atoms with Crippen molar-refractivity contribution in [1.29, 1.82) is 0 Å². The molecule has 3 heterocycles. The standard InChI is InChI=1S/C24H30N6O2/c31-21(29-12-14-30(15-13-29)24-25-10-3-11-26-24)16-17-6-8-18(9-7-17)22-19-4-1-2-5-20(19)23(32)28-27-22/h3,6-11,19-20,22,27H,1-2,4-5,12-16H2,(H,28,32). The lowest BCUT2D eigenvalue weighted by Gasteiger charge is -2.41. The van der Waals surface area contributed by atoms with E-state index < -0.39 is 0 Å². The van der Waals surface area contributed by atoms with E-state index in [2.05, 4.69) is 50.0 Å². The van der Waals surface area contributed by atoms with Gasteiger partial charge in [-0.15, -0.1) is 0 Å². The molecule has 0 radical (unpaired) electrons. The lowest BCUT2D eigenvalue weighted by molar-refractivity contribution is -0.133. The van der Waals surface area contributed by atoms with Gasteiger partial charge in [0.1, 0.15) is 0 Å². The van der Waals surface area contributed by atoms with Gasteiger partial charge >= 0.3 is 0 Å². The topological polar surface area (TPSA) is 90.5 Å². The van der Waals surface area contributed by atoms with Gasteiger partial charge in [-0.3, -0.25) is 15.0 Å². The number of nitrogens with zero attached hydrogens (tertiary/aromatic N) is 4. The molecule has 1 saturated carbocycles. The molecule has 5 rings (SSSR count). The van der Waals surface area contributed by atoms with Gasteiger partial charge in [-0.05, 0) is 36.0 Å². The first-order chi connectivity index (χ1) is 15.7. The molecule has 2 saturated heterocycles. The normalized spacial score (nSPS) is 25.8. The number of hydrazine groups is 1. The minimum absolute atomic E-state index is 0.108. The maximum atomic E-state index is 12.8. The van der Waals surface area contributed by atoms with Gasteiger partial charge in [-0.1, -0.05) is 37.1 Å². The van der Waals surface area contributed by atoms with E-state index in [-0.39, 0.29) is 23.8 Å². The monoisotopic (exact) mass is 434 g/mol. The van der Waals surface area contributed by atoms with Gasteiger partial charge in [-0.2, -0.15) is 0 Å². The van der Waals surface area contributed by atoms with Crippen LogP contribution in [0.1, 0.15) is 42.9 Å². The van der Waals surface area contributed by atoms with Crippen LogP contribution in [0.4, 0.5) is 5.95 Å². The molecule has 3 aliphatic rings. The Morgan fingerprint density at radius 3 is 2.47 bits per heavy atom. The summed E-state index contributed by atoms with van der Waals surface area (Å²) < 4.78 is 0. The number of benzene rings is 1. The summed E-state index contributed by atoms with van der Waals surface area (Å²) in [7, 11) is 0. The zero-order valence-electron chi connectivity index (χ0n) is 18.2. The van der Waals surface area contributed by atoms with E-state index in [9.17, 15) is 9.59 Å². The molecule has 1 aromatic carbocycles. The summed E-state index contributed by atoms with van der Waals surface area (Å²) in [6, 6.07) is 10.3. The largest absolute Gasteiger partial charge is 0.339 e. The molecule has 2 aliphatic heterocycles. The summed E-state index contributed by atoms with van der Waals surface area (Å²) in [4.78, 5) is 37.7. The van der Waals surface area contributed by atoms with Crippen LogP contribution in [-0.2, 0) is 16.0 Å². The van der Waals surface area contributed by atoms with E-state index >= 15 is 0 Å². The summed E-state index contributed by atoms with van der Waals surface area (Å²) in [6.07, 6.45) is 8.27. The molecule has 2 aromatic rings. The van der Waals surface area contributed by atoms with Crippen molar-refractivity contribution >= 4 is 17.8 Å². The van der Waals surface area contributed by atoms with Gasteiger partial charge < -0.3 is 9.80 Å². The van der Waals surface area contributed by atoms with Gasteiger partial charge in [0.2, 0.25) is 17.8 Å². The highest BCUT2D eigenvalue weighted by atomic mass is 16.2. The lowest BCUT2D eigenvalue weighted by atomic mass is 9.72. The fraction of sp³-hybridized carbons (Fsp3) is 0.500. The van der Waals surface area contributed by atoms with Crippen molar-refractivity contribution in [2.45, 2.75) is 38.1 Å². The van der Waals surface area contributed by atoms with Crippen LogP contribution >= 0.6 is 0 Å². The van der Waals surface area contributed by atoms with Crippen molar-refractivity contribution < 1.29 is 9.59 Å². The molecule has 0 spiro atoms. The Labute approximate surface area is 188 Å². The van der Waals surface area contributed by atoms with Crippen molar-refractivity contribution in [3.05, 3.63) is 53.9 Å². The molecule has 1 aliphatic carbocycles. The van der Waals surface area contributed by atoms with Crippen LogP contribution in [0.15, 0.2) is 42.7 Å². The Kier molecular flexibility index (Phi) is 6.03. The smallest absolute Gasteiger partial charge is 0.237 e. The Bertz CT molecular complexity index is 943. The van der Waals surface area contributed by atoms with Gasteiger partial charge in [0.15, 0.2) is 0 Å². The average molecular weight is 435 g/mol. The second-order valence-corrected chi connectivity index (χ2v) is 9.00. The first-order valence-corrected chi connectivity index (χ1v) is 11.6. The SMILES string of the molecule is O=C1NNC(c2ccc(CC(=O)N3CCN(c4ncccn4)CC3)cc2)C2CCCCC12. The summed E-state index contributed by atoms with van der Waals surface area (Å²) in [6.45, 7) is 2.86. The molecular formula is C24H30N6O2. The number of rotatable bonds is 4. The second kappa shape index (κ2) is 9.24. The molecule has 8 nitrogen and oxygen atoms in total. The average Bonchev–Trinajstić information content (AvgIpc) is 2.86. The number of carbonyl (C=O) groups excluding carboxylic acids is 2. The fourth-order valence-electron chi connectivity index (χ4n) is 5.30. The van der Waals surface area contributed by atoms with E-state index in [0.29, 0.717) is 25.4 Å². The minimum atomic E-state index is 0.108. The highest BCUT2D eigenvalue weighted by Gasteiger charge is 2.40. The summed E-state index contributed by atoms with van der Waals surface area (Å²) in [5.74, 6) is 1.46. The maximum absolute atomic E-state index is 12.8. The zero-order chi connectivity index (χ0) is 21.9. The fourth-order valence-corrected chi connectivity index (χ4v) is 5.30. The first-order valence-electron chi connectivity index (χ1n) is 11.6. The Morgan fingerprint density at radius 1 is 1.00 bits per heavy atom. The highest BCUT2D eigenvalue weighted by Crippen LogP contribution is 2.40. The number of carbonyl (C=O) groups is 2. The predicted molar refractivity (Wildman–Crippen MR) is 120 cm³/mol. The Hall–Kier alpha value is -3.00. The third-order valence-corrected chi connectivity index (χ3v) is 7.10. The number of aromatic nitrogens is 2. The molecule has 0 bridgehead atoms. The molecule has 2 N–H and O–H groups in total. The number of hydrogen-bond acceptors (Lipinski definition) is 6. The molecule has 32 heavy (non-hydrogen) atoms. The summed E-state index contributed by atoms with van der Waals surface area (Å²) in [5, 5.41) is 0. The van der Waals surface area contributed by atoms with E-state index in [1.807, 2.05) is 11.0 Å². The first kappa shape index (κ1) is 20.9. The van der Waals surface area contributed by atoms with Crippen LogP contribution in [0, 0.1) is 11.8 Å². The van der Waals surface area contributed by atoms with Crippen molar-refractivity contribution in [2.75, 3.05) is 31.1 Å². The third-order valence-electron chi connectivity index (χ3n) is 7.10. The number of hydrogen-bond donors (Lipinski definition) is 2. The maximum Gasteiger partial charge on any atom is 0.237 e. The molecule has 1 aromatic heterocycles. The third kappa shape index (κ3) is 4.32. The number of anilines is 1. The van der Waals surface area contributed by atoms with Crippen LogP contribution in [-0.4, -0.2) is 52.9 Å². The van der Waals surface area contributed by atoms with Crippen LogP contribution in [0.5, 0.6) is 0 Å². The van der Waals surface area contributed by atoms with E-state index in [0.717, 1.165) is 43.9 Å². The molecule has 3 atom stereocenters. The molecular weight excluding hydrogens is 404 g/mol. The summed E-state index contributed by atoms with van der Waals surface area (Å²) >= 11 is 0. The molecule has 3 unspecified atom stereocenters. The second-order valence-electron chi connectivity index (χ2n) is 9.00. The quantitative estimate of drug-likeness (QED) is 0.763. The van der Waals surface area contributed by atoms with Crippen molar-refractivity contribution in [1.82, 2.24) is 25.7 Å². The summed E-state index contributed by atoms with van der Waals surface area (Å²) in [5.41, 5.74) is 8.29. The number of fused-ring (bicyclic) bond motifs is 1. The zero-order valence-corrected chi connectivity index (χ0v) is 18.2. The van der Waals surface area contributed by atoms with Crippen LogP contribution in [0.2, 0.25) is 0 Å². The highest BCUT2D eigenvalue weighted by molar-refractivity contribution is 5.80. The molecule has 168 valence electrons. The van der Waals surface area contributed by atoms with Crippen molar-refractivity contribution in [3.8, 4) is 0 Å². The number of nitrogens with one attached hydrogen (secondary N) is 2. The minimum Gasteiger partial charge on any atom is -0.339 e. The predicted octanol–water partition coefficient (Wildman–Crippen LogP) is 1.85. The van der Waals surface area contributed by atoms with Crippen LogP contribution in [0.3, 0.4) is 0 Å². The van der Waals surface area contributed by atoms with E-state index in [1.165, 1.54) is 12.0 Å². The Balaban J connectivity index is 1.17. The van der Waals surface area contributed by atoms with Gasteiger partial charge in [-0.25, -0.2) is 15.4 Å². The van der Waals surface area contributed by atoms with E-state index in [4.69, 9.17) is 0 Å². The molecule has 3 fully saturated rings. The van der Waals surface area contributed by atoms with Gasteiger partial charge in [0.05, 0.1) is 12.5 Å². The number of amides is 2. The Morgan fingerprint density at radius 2 is 1.72 bits per heavy atom. The molecule has 8 heteroatoms. The van der Waals surface area contributed by atoms with Gasteiger partial charge in [0.25, 0.3) is 0 Å². The van der Waals surface area contributed by atoms with E-state index in [1.54, 1.807) is 12.4 Å². The van der Waals surface area contributed by atoms with Crippen LogP contribution < -0.4 is 15.8 Å². The van der Waals surface area contributed by atoms with Crippen molar-refractivity contribution in [3.63, 3.8) is 0 Å².